The summed E-state index contributed by atoms with van der Waals surface area (Å²) in [5.41, 5.74) is 6.43. The summed E-state index contributed by atoms with van der Waals surface area (Å²) in [7, 11) is 7.99. The Labute approximate surface area is 225 Å². The zero-order chi connectivity index (χ0) is 27.9. The van der Waals surface area contributed by atoms with E-state index < -0.39 is 11.8 Å². The molecule has 0 aromatic carbocycles. The highest BCUT2D eigenvalue weighted by Crippen LogP contribution is 2.54. The summed E-state index contributed by atoms with van der Waals surface area (Å²) in [6, 6.07) is 0. The number of carbonyl (C=O) groups excluding carboxylic acids is 2. The average Bonchev–Trinajstić information content (AvgIpc) is 3.31. The van der Waals surface area contributed by atoms with E-state index in [9.17, 15) is 14.7 Å². The molecule has 8 nitrogen and oxygen atoms in total. The standard InChI is InChI=1S/C29H54N4O4/c1-19-21-15-25(26(34)17-21)24(19)16-22(27(30)35)14-23(28(36)37-13-12-33(7)8)18-29(3,4)20(2)31-10-9-11-32(5)6/h19,21-26,31,34H,2,9-18H2,1,3-8H3,(H2,30,35). The fourth-order valence-corrected chi connectivity index (χ4v) is 6.43. The average molecular weight is 523 g/mol. The van der Waals surface area contributed by atoms with Crippen LogP contribution in [0, 0.1) is 40.9 Å². The van der Waals surface area contributed by atoms with Gasteiger partial charge in [0.05, 0.1) is 12.0 Å². The second-order valence-corrected chi connectivity index (χ2v) is 12.9. The molecule has 8 heteroatoms. The smallest absolute Gasteiger partial charge is 0.309 e. The minimum absolute atomic E-state index is 0.231. The monoisotopic (exact) mass is 522 g/mol. The number of aliphatic hydroxyl groups is 1. The lowest BCUT2D eigenvalue weighted by molar-refractivity contribution is -0.151. The highest BCUT2D eigenvalue weighted by atomic mass is 16.5. The van der Waals surface area contributed by atoms with Crippen LogP contribution < -0.4 is 11.1 Å². The van der Waals surface area contributed by atoms with Gasteiger partial charge in [-0.25, -0.2) is 0 Å². The van der Waals surface area contributed by atoms with Crippen LogP contribution in [-0.4, -0.2) is 87.3 Å². The molecule has 7 atom stereocenters. The van der Waals surface area contributed by atoms with Crippen LogP contribution in [0.1, 0.15) is 59.3 Å². The highest BCUT2D eigenvalue weighted by molar-refractivity contribution is 5.78. The van der Waals surface area contributed by atoms with E-state index in [1.54, 1.807) is 0 Å². The van der Waals surface area contributed by atoms with Gasteiger partial charge in [0.2, 0.25) is 5.91 Å². The Bertz CT molecular complexity index is 769. The van der Waals surface area contributed by atoms with Crippen molar-refractivity contribution in [1.29, 1.82) is 0 Å². The van der Waals surface area contributed by atoms with Crippen LogP contribution in [0.4, 0.5) is 0 Å². The zero-order valence-electron chi connectivity index (χ0n) is 24.5. The normalized spacial score (nSPS) is 26.9. The van der Waals surface area contributed by atoms with Crippen molar-refractivity contribution >= 4 is 11.9 Å². The third-order valence-electron chi connectivity index (χ3n) is 8.92. The van der Waals surface area contributed by atoms with Crippen molar-refractivity contribution < 1.29 is 19.4 Å². The Kier molecular flexibility index (Phi) is 11.9. The number of hydrogen-bond acceptors (Lipinski definition) is 7. The number of carbonyl (C=O) groups is 2. The Hall–Kier alpha value is -1.64. The molecule has 7 unspecified atom stereocenters. The highest BCUT2D eigenvalue weighted by Gasteiger charge is 2.51. The van der Waals surface area contributed by atoms with Gasteiger partial charge in [-0.2, -0.15) is 0 Å². The van der Waals surface area contributed by atoms with E-state index in [0.717, 1.165) is 38.0 Å². The number of esters is 1. The van der Waals surface area contributed by atoms with E-state index in [4.69, 9.17) is 10.5 Å². The number of allylic oxidation sites excluding steroid dienone is 1. The topological polar surface area (TPSA) is 108 Å². The lowest BCUT2D eigenvalue weighted by Crippen LogP contribution is -2.38. The first-order valence-electron chi connectivity index (χ1n) is 14.1. The molecule has 0 radical (unpaired) electrons. The van der Waals surface area contributed by atoms with E-state index in [1.807, 2.05) is 19.0 Å². The van der Waals surface area contributed by atoms with Gasteiger partial charge in [0.25, 0.3) is 0 Å². The first kappa shape index (κ1) is 31.6. The summed E-state index contributed by atoms with van der Waals surface area (Å²) in [5.74, 6) is -0.0599. The number of primary amides is 1. The number of hydrogen-bond donors (Lipinski definition) is 3. The maximum atomic E-state index is 13.3. The maximum Gasteiger partial charge on any atom is 0.309 e. The summed E-state index contributed by atoms with van der Waals surface area (Å²) >= 11 is 0. The number of ether oxygens (including phenoxy) is 1. The van der Waals surface area contributed by atoms with Crippen molar-refractivity contribution in [2.45, 2.75) is 65.4 Å². The molecule has 4 N–H and O–H groups in total. The molecule has 2 bridgehead atoms. The number of nitrogens with one attached hydrogen (secondary N) is 1. The van der Waals surface area contributed by atoms with Crippen molar-refractivity contribution in [2.24, 2.45) is 46.7 Å². The molecule has 0 aliphatic heterocycles. The third-order valence-corrected chi connectivity index (χ3v) is 8.92. The van der Waals surface area contributed by atoms with Crippen molar-refractivity contribution in [1.82, 2.24) is 15.1 Å². The molecular weight excluding hydrogens is 468 g/mol. The van der Waals surface area contributed by atoms with E-state index in [1.165, 1.54) is 0 Å². The number of nitrogens with two attached hydrogens (primary N) is 1. The van der Waals surface area contributed by atoms with E-state index >= 15 is 0 Å². The maximum absolute atomic E-state index is 13.3. The Morgan fingerprint density at radius 1 is 1.14 bits per heavy atom. The number of likely N-dealkylation sites (N-methyl/N-ethyl adjacent to an activating group) is 1. The second kappa shape index (κ2) is 13.9. The first-order valence-corrected chi connectivity index (χ1v) is 14.1. The Morgan fingerprint density at radius 3 is 2.35 bits per heavy atom. The minimum atomic E-state index is -0.464. The van der Waals surface area contributed by atoms with Crippen molar-refractivity contribution in [2.75, 3.05) is 54.4 Å². The van der Waals surface area contributed by atoms with Crippen LogP contribution in [0.25, 0.3) is 0 Å². The van der Waals surface area contributed by atoms with Gasteiger partial charge in [-0.1, -0.05) is 27.4 Å². The molecule has 37 heavy (non-hydrogen) atoms. The van der Waals surface area contributed by atoms with Gasteiger partial charge in [-0.15, -0.1) is 0 Å². The molecule has 0 saturated heterocycles. The Balaban J connectivity index is 2.11. The van der Waals surface area contributed by atoms with Crippen LogP contribution in [-0.2, 0) is 14.3 Å². The van der Waals surface area contributed by atoms with Crippen LogP contribution in [0.3, 0.4) is 0 Å². The zero-order valence-corrected chi connectivity index (χ0v) is 24.5. The van der Waals surface area contributed by atoms with Gasteiger partial charge in [0.15, 0.2) is 0 Å². The molecule has 2 aliphatic carbocycles. The van der Waals surface area contributed by atoms with Gasteiger partial charge in [-0.3, -0.25) is 9.59 Å². The Morgan fingerprint density at radius 2 is 1.78 bits per heavy atom. The summed E-state index contributed by atoms with van der Waals surface area (Å²) in [4.78, 5) is 30.1. The second-order valence-electron chi connectivity index (χ2n) is 12.9. The van der Waals surface area contributed by atoms with Gasteiger partial charge < -0.3 is 30.7 Å². The molecule has 1 amide bonds. The summed E-state index contributed by atoms with van der Waals surface area (Å²) in [6.45, 7) is 13.4. The van der Waals surface area contributed by atoms with Crippen LogP contribution in [0.2, 0.25) is 0 Å². The van der Waals surface area contributed by atoms with Crippen LogP contribution >= 0.6 is 0 Å². The summed E-state index contributed by atoms with van der Waals surface area (Å²) in [5, 5.41) is 13.9. The quantitative estimate of drug-likeness (QED) is 0.199. The molecule has 0 aromatic heterocycles. The molecule has 2 aliphatic rings. The minimum Gasteiger partial charge on any atom is -0.464 e. The molecule has 2 rings (SSSR count). The molecular formula is C29H54N4O4. The van der Waals surface area contributed by atoms with Crippen molar-refractivity contribution in [3.8, 4) is 0 Å². The predicted molar refractivity (Wildman–Crippen MR) is 149 cm³/mol. The number of rotatable bonds is 17. The third kappa shape index (κ3) is 9.25. The van der Waals surface area contributed by atoms with E-state index in [0.29, 0.717) is 44.2 Å². The van der Waals surface area contributed by atoms with Gasteiger partial charge in [0.1, 0.15) is 6.61 Å². The van der Waals surface area contributed by atoms with E-state index in [2.05, 4.69) is 51.7 Å². The van der Waals surface area contributed by atoms with E-state index in [-0.39, 0.29) is 35.2 Å². The summed E-state index contributed by atoms with van der Waals surface area (Å²) in [6.07, 6.45) is 4.11. The van der Waals surface area contributed by atoms with Crippen molar-refractivity contribution in [3.05, 3.63) is 12.3 Å². The number of aliphatic hydroxyl groups excluding tert-OH is 1. The van der Waals surface area contributed by atoms with Crippen LogP contribution in [0.5, 0.6) is 0 Å². The summed E-state index contributed by atoms with van der Waals surface area (Å²) < 4.78 is 5.68. The fourth-order valence-electron chi connectivity index (χ4n) is 6.43. The van der Waals surface area contributed by atoms with Crippen molar-refractivity contribution in [3.63, 3.8) is 0 Å². The van der Waals surface area contributed by atoms with Crippen LogP contribution in [0.15, 0.2) is 12.3 Å². The first-order chi connectivity index (χ1) is 17.2. The number of fused-ring (bicyclic) bond motifs is 2. The molecule has 0 aromatic rings. The van der Waals surface area contributed by atoms with Gasteiger partial charge in [-0.05, 0) is 96.9 Å². The van der Waals surface area contributed by atoms with Gasteiger partial charge in [0, 0.05) is 30.1 Å². The fraction of sp³-hybridized carbons (Fsp3) is 0.862. The number of amides is 1. The molecule has 0 heterocycles. The lowest BCUT2D eigenvalue weighted by atomic mass is 9.71. The molecule has 0 spiro atoms. The number of nitrogens with zero attached hydrogens (tertiary/aromatic N) is 2. The van der Waals surface area contributed by atoms with Gasteiger partial charge >= 0.3 is 5.97 Å². The SMILES string of the molecule is C=C(NCCCN(C)C)C(C)(C)CC(CC(CC1C(C)C2CC(O)C1C2)C(N)=O)C(=O)OCCN(C)C. The molecule has 2 fully saturated rings. The largest absolute Gasteiger partial charge is 0.464 e. The molecule has 214 valence electrons. The molecule has 2 saturated carbocycles. The lowest BCUT2D eigenvalue weighted by Gasteiger charge is -2.35. The predicted octanol–water partition coefficient (Wildman–Crippen LogP) is 2.71.